The first-order valence-corrected chi connectivity index (χ1v) is 6.02. The zero-order valence-electron chi connectivity index (χ0n) is 9.64. The van der Waals surface area contributed by atoms with Crippen LogP contribution in [-0.2, 0) is 21.3 Å². The zero-order chi connectivity index (χ0) is 14.6. The molecule has 0 spiro atoms. The van der Waals surface area contributed by atoms with E-state index in [2.05, 4.69) is 30.4 Å². The molecule has 0 aliphatic heterocycles. The van der Waals surface area contributed by atoms with Crippen molar-refractivity contribution in [3.05, 3.63) is 27.7 Å². The number of hydrogen-bond acceptors (Lipinski definition) is 4. The number of hydrogen-bond donors (Lipinski definition) is 1. The van der Waals surface area contributed by atoms with Gasteiger partial charge >= 0.3 is 12.3 Å². The number of nitrogens with one attached hydrogen (secondary N) is 1. The van der Waals surface area contributed by atoms with Gasteiger partial charge in [0.25, 0.3) is 5.56 Å². The molecule has 19 heavy (non-hydrogen) atoms. The highest BCUT2D eigenvalue weighted by Crippen LogP contribution is 2.28. The average Bonchev–Trinajstić information content (AvgIpc) is 2.26. The van der Waals surface area contributed by atoms with Gasteiger partial charge in [0, 0.05) is 22.7 Å². The zero-order valence-corrected chi connectivity index (χ0v) is 11.2. The highest BCUT2D eigenvalue weighted by Gasteiger charge is 2.33. The predicted octanol–water partition coefficient (Wildman–Crippen LogP) is 1.88. The third-order valence-corrected chi connectivity index (χ3v) is 2.67. The van der Waals surface area contributed by atoms with Crippen LogP contribution in [0.15, 0.2) is 10.9 Å². The van der Waals surface area contributed by atoms with E-state index in [1.54, 1.807) is 0 Å². The predicted molar refractivity (Wildman–Crippen MR) is 62.1 cm³/mol. The van der Waals surface area contributed by atoms with E-state index in [9.17, 15) is 22.8 Å². The fraction of sp³-hybridized carbons (Fsp3) is 0.400. The molecule has 0 saturated heterocycles. The number of ether oxygens (including phenoxy) is 2. The first-order chi connectivity index (χ1) is 8.76. The number of aromatic nitrogens is 1. The van der Waals surface area contributed by atoms with E-state index in [1.165, 1.54) is 0 Å². The molecule has 1 rings (SSSR count). The van der Waals surface area contributed by atoms with E-state index in [0.717, 1.165) is 7.11 Å². The number of rotatable bonds is 4. The molecule has 1 N–H and O–H groups in total. The van der Waals surface area contributed by atoms with Gasteiger partial charge in [-0.3, -0.25) is 9.59 Å². The standard InChI is InChI=1S/C10H9BrF3NO4/c1-18-9(17)2-6-5(4-11)7(3-8(16)15-6)19-10(12,13)14/h3H,2,4H2,1H3,(H,15,16). The molecule has 5 nitrogen and oxygen atoms in total. The van der Waals surface area contributed by atoms with Crippen molar-refractivity contribution in [3.8, 4) is 5.75 Å². The van der Waals surface area contributed by atoms with Crippen molar-refractivity contribution in [2.24, 2.45) is 0 Å². The summed E-state index contributed by atoms with van der Waals surface area (Å²) in [7, 11) is 1.13. The van der Waals surface area contributed by atoms with Crippen molar-refractivity contribution in [3.63, 3.8) is 0 Å². The van der Waals surface area contributed by atoms with Crippen LogP contribution in [0.4, 0.5) is 13.2 Å². The Hall–Kier alpha value is -1.51. The van der Waals surface area contributed by atoms with Gasteiger partial charge < -0.3 is 14.5 Å². The number of esters is 1. The average molecular weight is 344 g/mol. The number of carbonyl (C=O) groups is 1. The van der Waals surface area contributed by atoms with E-state index in [-0.39, 0.29) is 23.0 Å². The van der Waals surface area contributed by atoms with Gasteiger partial charge in [-0.2, -0.15) is 0 Å². The van der Waals surface area contributed by atoms with Crippen LogP contribution < -0.4 is 10.3 Å². The molecule has 0 aliphatic carbocycles. The van der Waals surface area contributed by atoms with Crippen molar-refractivity contribution in [2.45, 2.75) is 18.1 Å². The van der Waals surface area contributed by atoms with Gasteiger partial charge in [0.1, 0.15) is 5.75 Å². The van der Waals surface area contributed by atoms with Crippen LogP contribution in [0.5, 0.6) is 5.75 Å². The normalized spacial score (nSPS) is 11.2. The fourth-order valence-corrected chi connectivity index (χ4v) is 1.96. The Morgan fingerprint density at radius 2 is 2.11 bits per heavy atom. The van der Waals surface area contributed by atoms with Gasteiger partial charge in [0.05, 0.1) is 13.5 Å². The molecule has 0 radical (unpaired) electrons. The van der Waals surface area contributed by atoms with Crippen molar-refractivity contribution in [1.29, 1.82) is 0 Å². The molecule has 0 atom stereocenters. The maximum absolute atomic E-state index is 12.2. The summed E-state index contributed by atoms with van der Waals surface area (Å²) < 4.78 is 44.8. The molecule has 106 valence electrons. The van der Waals surface area contributed by atoms with Crippen LogP contribution in [0, 0.1) is 0 Å². The second-order valence-electron chi connectivity index (χ2n) is 3.39. The molecule has 9 heteroatoms. The Morgan fingerprint density at radius 1 is 1.47 bits per heavy atom. The summed E-state index contributed by atoms with van der Waals surface area (Å²) in [6, 6.07) is 0.671. The fourth-order valence-electron chi connectivity index (χ4n) is 1.34. The first kappa shape index (κ1) is 15.5. The number of halogens is 4. The lowest BCUT2D eigenvalue weighted by Crippen LogP contribution is -2.22. The molecule has 0 bridgehead atoms. The van der Waals surface area contributed by atoms with Crippen molar-refractivity contribution < 1.29 is 27.4 Å². The second kappa shape index (κ2) is 6.09. The summed E-state index contributed by atoms with van der Waals surface area (Å²) in [4.78, 5) is 24.7. The van der Waals surface area contributed by atoms with Gasteiger partial charge in [-0.15, -0.1) is 13.2 Å². The van der Waals surface area contributed by atoms with Crippen LogP contribution in [0.1, 0.15) is 11.3 Å². The molecular weight excluding hydrogens is 335 g/mol. The van der Waals surface area contributed by atoms with Gasteiger partial charge in [0.15, 0.2) is 0 Å². The van der Waals surface area contributed by atoms with Gasteiger partial charge in [0.2, 0.25) is 0 Å². The third kappa shape index (κ3) is 4.58. The van der Waals surface area contributed by atoms with Crippen LogP contribution in [0.3, 0.4) is 0 Å². The van der Waals surface area contributed by atoms with E-state index in [4.69, 9.17) is 0 Å². The lowest BCUT2D eigenvalue weighted by atomic mass is 10.1. The third-order valence-electron chi connectivity index (χ3n) is 2.11. The minimum absolute atomic E-state index is 0.00970. The van der Waals surface area contributed by atoms with Crippen LogP contribution in [0.2, 0.25) is 0 Å². The smallest absolute Gasteiger partial charge is 0.469 e. The van der Waals surface area contributed by atoms with Gasteiger partial charge in [-0.25, -0.2) is 0 Å². The molecule has 1 heterocycles. The monoisotopic (exact) mass is 343 g/mol. The summed E-state index contributed by atoms with van der Waals surface area (Å²) >= 11 is 2.98. The molecule has 0 saturated carbocycles. The number of alkyl halides is 4. The summed E-state index contributed by atoms with van der Waals surface area (Å²) in [6.07, 6.45) is -5.28. The van der Waals surface area contributed by atoms with Crippen LogP contribution in [0.25, 0.3) is 0 Å². The van der Waals surface area contributed by atoms with Gasteiger partial charge in [-0.05, 0) is 0 Å². The summed E-state index contributed by atoms with van der Waals surface area (Å²) in [5.41, 5.74) is -0.763. The Bertz CT molecular complexity index is 526. The largest absolute Gasteiger partial charge is 0.573 e. The quantitative estimate of drug-likeness (QED) is 0.669. The van der Waals surface area contributed by atoms with E-state index < -0.39 is 23.6 Å². The highest BCUT2D eigenvalue weighted by molar-refractivity contribution is 9.08. The van der Waals surface area contributed by atoms with Crippen molar-refractivity contribution >= 4 is 21.9 Å². The molecule has 1 aromatic rings. The minimum atomic E-state index is -4.92. The molecule has 0 unspecified atom stereocenters. The first-order valence-electron chi connectivity index (χ1n) is 4.90. The van der Waals surface area contributed by atoms with E-state index >= 15 is 0 Å². The Morgan fingerprint density at radius 3 is 2.58 bits per heavy atom. The molecule has 0 aromatic carbocycles. The number of aromatic amines is 1. The molecule has 0 amide bonds. The van der Waals surface area contributed by atoms with Gasteiger partial charge in [-0.1, -0.05) is 15.9 Å². The SMILES string of the molecule is COC(=O)Cc1[nH]c(=O)cc(OC(F)(F)F)c1CBr. The second-order valence-corrected chi connectivity index (χ2v) is 3.95. The lowest BCUT2D eigenvalue weighted by Gasteiger charge is -2.14. The van der Waals surface area contributed by atoms with Crippen LogP contribution >= 0.6 is 15.9 Å². The summed E-state index contributed by atoms with van der Waals surface area (Å²) in [6.45, 7) is 0. The number of methoxy groups -OCH3 is 1. The Kier molecular flexibility index (Phi) is 4.98. The maximum Gasteiger partial charge on any atom is 0.573 e. The van der Waals surface area contributed by atoms with Crippen molar-refractivity contribution in [1.82, 2.24) is 4.98 Å². The van der Waals surface area contributed by atoms with Crippen molar-refractivity contribution in [2.75, 3.05) is 7.11 Å². The molecule has 0 fully saturated rings. The summed E-state index contributed by atoms with van der Waals surface area (Å²) in [5.74, 6) is -1.34. The lowest BCUT2D eigenvalue weighted by molar-refractivity contribution is -0.274. The van der Waals surface area contributed by atoms with Crippen LogP contribution in [-0.4, -0.2) is 24.4 Å². The number of H-pyrrole nitrogens is 1. The minimum Gasteiger partial charge on any atom is -0.469 e. The number of carbonyl (C=O) groups excluding carboxylic acids is 1. The Balaban J connectivity index is 3.24. The van der Waals surface area contributed by atoms with E-state index in [0.29, 0.717) is 6.07 Å². The Labute approximate surface area is 113 Å². The molecule has 0 aliphatic rings. The highest BCUT2D eigenvalue weighted by atomic mass is 79.9. The number of pyridine rings is 1. The topological polar surface area (TPSA) is 68.4 Å². The summed E-state index contributed by atoms with van der Waals surface area (Å²) in [5, 5.41) is -0.0263. The maximum atomic E-state index is 12.2. The van der Waals surface area contributed by atoms with E-state index in [1.807, 2.05) is 0 Å². The molecular formula is C10H9BrF3NO4. The molecule has 1 aromatic heterocycles.